The van der Waals surface area contributed by atoms with Gasteiger partial charge in [-0.3, -0.25) is 25.2 Å². The van der Waals surface area contributed by atoms with Crippen molar-refractivity contribution in [2.24, 2.45) is 11.8 Å². The first-order valence-corrected chi connectivity index (χ1v) is 11.1. The number of methoxy groups -OCH3 is 1. The second kappa shape index (κ2) is 12.8. The van der Waals surface area contributed by atoms with Crippen molar-refractivity contribution in [2.75, 3.05) is 20.3 Å². The molecule has 1 aromatic rings. The fourth-order valence-electron chi connectivity index (χ4n) is 3.48. The summed E-state index contributed by atoms with van der Waals surface area (Å²) in [4.78, 5) is 36.2. The van der Waals surface area contributed by atoms with E-state index < -0.39 is 11.8 Å². The van der Waals surface area contributed by atoms with Crippen LogP contribution in [0.1, 0.15) is 69.2 Å². The van der Waals surface area contributed by atoms with Crippen molar-refractivity contribution in [2.45, 2.75) is 58.8 Å². The van der Waals surface area contributed by atoms with Gasteiger partial charge in [-0.1, -0.05) is 33.1 Å². The predicted molar refractivity (Wildman–Crippen MR) is 118 cm³/mol. The van der Waals surface area contributed by atoms with Gasteiger partial charge in [0.15, 0.2) is 11.5 Å². The van der Waals surface area contributed by atoms with Crippen LogP contribution in [-0.2, 0) is 9.59 Å². The smallest absolute Gasteiger partial charge is 0.269 e. The molecular weight excluding hydrogens is 398 g/mol. The number of hydrogen-bond donors (Lipinski definition) is 3. The molecule has 31 heavy (non-hydrogen) atoms. The summed E-state index contributed by atoms with van der Waals surface area (Å²) < 4.78 is 11.0. The number of amides is 3. The molecule has 0 atom stereocenters. The predicted octanol–water partition coefficient (Wildman–Crippen LogP) is 2.97. The number of ether oxygens (including phenoxy) is 2. The van der Waals surface area contributed by atoms with Crippen LogP contribution in [0.5, 0.6) is 11.5 Å². The third-order valence-corrected chi connectivity index (χ3v) is 5.34. The van der Waals surface area contributed by atoms with Crippen molar-refractivity contribution in [3.05, 3.63) is 23.8 Å². The molecule has 0 bridgehead atoms. The Labute approximate surface area is 184 Å². The monoisotopic (exact) mass is 433 g/mol. The third-order valence-electron chi connectivity index (χ3n) is 5.34. The third kappa shape index (κ3) is 8.86. The molecule has 3 amide bonds. The number of hydrogen-bond acceptors (Lipinski definition) is 5. The summed E-state index contributed by atoms with van der Waals surface area (Å²) in [7, 11) is 1.50. The lowest BCUT2D eigenvalue weighted by molar-refractivity contribution is -0.127. The molecule has 0 heterocycles. The van der Waals surface area contributed by atoms with E-state index in [1.165, 1.54) is 26.4 Å². The topological polar surface area (TPSA) is 106 Å². The van der Waals surface area contributed by atoms with E-state index in [1.807, 2.05) is 0 Å². The minimum absolute atomic E-state index is 0.133. The molecule has 0 unspecified atom stereocenters. The lowest BCUT2D eigenvalue weighted by atomic mass is 9.87. The molecule has 0 radical (unpaired) electrons. The highest BCUT2D eigenvalue weighted by molar-refractivity contribution is 5.96. The number of benzene rings is 1. The standard InChI is InChI=1S/C23H35N3O5/c1-16(2)11-12-31-19-10-9-18(14-20(19)30-3)23(29)26-25-22(28)15-24-21(27)13-17-7-5-4-6-8-17/h9-10,14,16-17H,4-8,11-13,15H2,1-3H3,(H,24,27)(H,25,28)(H,26,29). The Kier molecular flexibility index (Phi) is 10.1. The van der Waals surface area contributed by atoms with Crippen molar-refractivity contribution in [1.82, 2.24) is 16.2 Å². The van der Waals surface area contributed by atoms with Crippen LogP contribution in [-0.4, -0.2) is 38.0 Å². The van der Waals surface area contributed by atoms with Crippen LogP contribution < -0.4 is 25.6 Å². The number of carbonyl (C=O) groups excluding carboxylic acids is 3. The quantitative estimate of drug-likeness (QED) is 0.492. The van der Waals surface area contributed by atoms with Gasteiger partial charge in [-0.05, 0) is 49.3 Å². The van der Waals surface area contributed by atoms with Gasteiger partial charge in [0.2, 0.25) is 5.91 Å². The van der Waals surface area contributed by atoms with Gasteiger partial charge in [0.25, 0.3) is 11.8 Å². The van der Waals surface area contributed by atoms with Gasteiger partial charge in [-0.15, -0.1) is 0 Å². The van der Waals surface area contributed by atoms with Crippen LogP contribution in [0, 0.1) is 11.8 Å². The second-order valence-electron chi connectivity index (χ2n) is 8.38. The maximum Gasteiger partial charge on any atom is 0.269 e. The van der Waals surface area contributed by atoms with Crippen LogP contribution >= 0.6 is 0 Å². The second-order valence-corrected chi connectivity index (χ2v) is 8.38. The molecule has 8 nitrogen and oxygen atoms in total. The summed E-state index contributed by atoms with van der Waals surface area (Å²) in [5.74, 6) is 0.814. The maximum atomic E-state index is 12.3. The lowest BCUT2D eigenvalue weighted by Crippen LogP contribution is -2.46. The molecule has 1 fully saturated rings. The summed E-state index contributed by atoms with van der Waals surface area (Å²) >= 11 is 0. The van der Waals surface area contributed by atoms with Crippen LogP contribution in [0.4, 0.5) is 0 Å². The molecule has 0 spiro atoms. The molecule has 1 aliphatic rings. The van der Waals surface area contributed by atoms with Gasteiger partial charge in [-0.25, -0.2) is 0 Å². The van der Waals surface area contributed by atoms with Crippen molar-refractivity contribution >= 4 is 17.7 Å². The average Bonchev–Trinajstić information content (AvgIpc) is 2.76. The van der Waals surface area contributed by atoms with Gasteiger partial charge in [0, 0.05) is 12.0 Å². The Morgan fingerprint density at radius 1 is 1.03 bits per heavy atom. The van der Waals surface area contributed by atoms with E-state index >= 15 is 0 Å². The molecule has 1 aromatic carbocycles. The van der Waals surface area contributed by atoms with Crippen LogP contribution in [0.15, 0.2) is 18.2 Å². The summed E-state index contributed by atoms with van der Waals surface area (Å²) in [6.07, 6.45) is 7.07. The SMILES string of the molecule is COc1cc(C(=O)NNC(=O)CNC(=O)CC2CCCCC2)ccc1OCCC(C)C. The van der Waals surface area contributed by atoms with E-state index in [1.54, 1.807) is 18.2 Å². The molecule has 1 saturated carbocycles. The highest BCUT2D eigenvalue weighted by Crippen LogP contribution is 2.28. The van der Waals surface area contributed by atoms with E-state index in [9.17, 15) is 14.4 Å². The largest absolute Gasteiger partial charge is 0.493 e. The Morgan fingerprint density at radius 3 is 2.45 bits per heavy atom. The lowest BCUT2D eigenvalue weighted by Gasteiger charge is -2.20. The van der Waals surface area contributed by atoms with Gasteiger partial charge in [-0.2, -0.15) is 0 Å². The molecule has 0 aliphatic heterocycles. The number of carbonyl (C=O) groups is 3. The first kappa shape index (κ1) is 24.5. The first-order valence-electron chi connectivity index (χ1n) is 11.1. The summed E-state index contributed by atoms with van der Waals surface area (Å²) in [5, 5.41) is 2.61. The summed E-state index contributed by atoms with van der Waals surface area (Å²) in [5.41, 5.74) is 4.97. The Bertz CT molecular complexity index is 745. The van der Waals surface area contributed by atoms with Crippen LogP contribution in [0.3, 0.4) is 0 Å². The number of nitrogens with one attached hydrogen (secondary N) is 3. The van der Waals surface area contributed by atoms with E-state index in [4.69, 9.17) is 9.47 Å². The van der Waals surface area contributed by atoms with Gasteiger partial charge in [0.1, 0.15) is 0 Å². The zero-order valence-electron chi connectivity index (χ0n) is 18.8. The van der Waals surface area contributed by atoms with E-state index in [2.05, 4.69) is 30.0 Å². The van der Waals surface area contributed by atoms with E-state index in [-0.39, 0.29) is 12.5 Å². The van der Waals surface area contributed by atoms with Crippen LogP contribution in [0.2, 0.25) is 0 Å². The minimum Gasteiger partial charge on any atom is -0.493 e. The van der Waals surface area contributed by atoms with Gasteiger partial charge < -0.3 is 14.8 Å². The number of hydrazine groups is 1. The van der Waals surface area contributed by atoms with Gasteiger partial charge in [0.05, 0.1) is 20.3 Å². The normalized spacial score (nSPS) is 14.1. The molecule has 1 aliphatic carbocycles. The van der Waals surface area contributed by atoms with Gasteiger partial charge >= 0.3 is 0 Å². The summed E-state index contributed by atoms with van der Waals surface area (Å²) in [6.45, 7) is 4.61. The van der Waals surface area contributed by atoms with E-state index in [0.29, 0.717) is 41.9 Å². The van der Waals surface area contributed by atoms with E-state index in [0.717, 1.165) is 19.3 Å². The fourth-order valence-corrected chi connectivity index (χ4v) is 3.48. The molecule has 2 rings (SSSR count). The molecule has 3 N–H and O–H groups in total. The fraction of sp³-hybridized carbons (Fsp3) is 0.609. The Hall–Kier alpha value is -2.77. The van der Waals surface area contributed by atoms with Crippen LogP contribution in [0.25, 0.3) is 0 Å². The zero-order chi connectivity index (χ0) is 22.6. The zero-order valence-corrected chi connectivity index (χ0v) is 18.8. The average molecular weight is 434 g/mol. The molecule has 8 heteroatoms. The number of rotatable bonds is 10. The Morgan fingerprint density at radius 2 is 1.77 bits per heavy atom. The minimum atomic E-state index is -0.494. The molecular formula is C23H35N3O5. The Balaban J connectivity index is 1.75. The first-order chi connectivity index (χ1) is 14.9. The summed E-state index contributed by atoms with van der Waals surface area (Å²) in [6, 6.07) is 4.82. The molecule has 172 valence electrons. The highest BCUT2D eigenvalue weighted by Gasteiger charge is 2.17. The molecule has 0 aromatic heterocycles. The van der Waals surface area contributed by atoms with Crippen molar-refractivity contribution in [3.8, 4) is 11.5 Å². The van der Waals surface area contributed by atoms with Crippen molar-refractivity contribution in [3.63, 3.8) is 0 Å². The molecule has 0 saturated heterocycles. The highest BCUT2D eigenvalue weighted by atomic mass is 16.5. The van der Waals surface area contributed by atoms with Crippen molar-refractivity contribution < 1.29 is 23.9 Å². The van der Waals surface area contributed by atoms with Crippen molar-refractivity contribution in [1.29, 1.82) is 0 Å². The maximum absolute atomic E-state index is 12.3.